The molecule has 0 saturated carbocycles. The lowest BCUT2D eigenvalue weighted by molar-refractivity contribution is -0.134. The van der Waals surface area contributed by atoms with E-state index in [2.05, 4.69) is 80.1 Å². The Morgan fingerprint density at radius 1 is 0.891 bits per heavy atom. The molecule has 1 aromatic heterocycles. The number of carbonyl (C=O) groups is 2. The van der Waals surface area contributed by atoms with Crippen LogP contribution in [0.25, 0.3) is 0 Å². The van der Waals surface area contributed by atoms with Gasteiger partial charge in [-0.1, -0.05) is 72.8 Å². The number of hydrogen-bond donors (Lipinski definition) is 3. The van der Waals surface area contributed by atoms with Crippen LogP contribution in [0.4, 0.5) is 0 Å². The molecule has 1 saturated heterocycles. The van der Waals surface area contributed by atoms with Gasteiger partial charge in [-0.05, 0) is 62.9 Å². The Balaban J connectivity index is 1.42. The first-order valence-corrected chi connectivity index (χ1v) is 16.0. The Bertz CT molecular complexity index is 1590. The maximum absolute atomic E-state index is 14.3. The van der Waals surface area contributed by atoms with E-state index in [0.717, 1.165) is 11.3 Å². The topological polar surface area (TPSA) is 114 Å². The molecule has 3 unspecified atom stereocenters. The Labute approximate surface area is 272 Å². The summed E-state index contributed by atoms with van der Waals surface area (Å²) >= 11 is 0. The van der Waals surface area contributed by atoms with Gasteiger partial charge in [-0.25, -0.2) is 4.98 Å². The molecule has 0 aliphatic carbocycles. The molecule has 46 heavy (non-hydrogen) atoms. The second-order valence-electron chi connectivity index (χ2n) is 13.7. The van der Waals surface area contributed by atoms with Crippen LogP contribution < -0.4 is 10.6 Å². The van der Waals surface area contributed by atoms with Gasteiger partial charge in [0.25, 0.3) is 0 Å². The molecule has 3 atom stereocenters. The van der Waals surface area contributed by atoms with E-state index in [1.165, 1.54) is 11.1 Å². The van der Waals surface area contributed by atoms with Crippen LogP contribution in [-0.2, 0) is 21.5 Å². The van der Waals surface area contributed by atoms with Crippen LogP contribution in [0.1, 0.15) is 68.0 Å². The molecule has 2 amide bonds. The number of rotatable bonds is 10. The van der Waals surface area contributed by atoms with Crippen molar-refractivity contribution in [3.8, 4) is 6.07 Å². The largest absolute Gasteiger partial charge is 0.351 e. The Morgan fingerprint density at radius 2 is 1.46 bits per heavy atom. The van der Waals surface area contributed by atoms with Gasteiger partial charge in [0, 0.05) is 37.5 Å². The van der Waals surface area contributed by atoms with E-state index in [1.807, 2.05) is 52.0 Å². The highest BCUT2D eigenvalue weighted by Crippen LogP contribution is 2.31. The number of aromatic nitrogens is 2. The van der Waals surface area contributed by atoms with Crippen LogP contribution >= 0.6 is 0 Å². The highest BCUT2D eigenvalue weighted by molar-refractivity contribution is 5.83. The van der Waals surface area contributed by atoms with Crippen LogP contribution in [0.2, 0.25) is 0 Å². The second kappa shape index (κ2) is 14.1. The fourth-order valence-electron chi connectivity index (χ4n) is 6.47. The van der Waals surface area contributed by atoms with Gasteiger partial charge < -0.3 is 20.5 Å². The van der Waals surface area contributed by atoms with Crippen molar-refractivity contribution >= 4 is 11.8 Å². The molecule has 1 aliphatic heterocycles. The van der Waals surface area contributed by atoms with E-state index in [1.54, 1.807) is 24.7 Å². The van der Waals surface area contributed by atoms with Crippen molar-refractivity contribution in [3.63, 3.8) is 0 Å². The number of amides is 2. The summed E-state index contributed by atoms with van der Waals surface area (Å²) in [6.07, 6.45) is 4.31. The van der Waals surface area contributed by atoms with Crippen molar-refractivity contribution in [2.24, 2.45) is 11.8 Å². The van der Waals surface area contributed by atoms with E-state index in [-0.39, 0.29) is 29.2 Å². The smallest absolute Gasteiger partial charge is 0.225 e. The van der Waals surface area contributed by atoms with E-state index < -0.39 is 11.5 Å². The molecule has 0 radical (unpaired) electrons. The van der Waals surface area contributed by atoms with Gasteiger partial charge in [-0.3, -0.25) is 9.59 Å². The summed E-state index contributed by atoms with van der Waals surface area (Å²) < 4.78 is 0. The van der Waals surface area contributed by atoms with Crippen LogP contribution in [0, 0.1) is 23.2 Å². The number of carbonyl (C=O) groups excluding carboxylic acids is 2. The summed E-state index contributed by atoms with van der Waals surface area (Å²) in [4.78, 5) is 37.6. The van der Waals surface area contributed by atoms with Gasteiger partial charge in [0.05, 0.1) is 47.2 Å². The molecule has 3 N–H and O–H groups in total. The summed E-state index contributed by atoms with van der Waals surface area (Å²) in [6.45, 7) is 9.73. The predicted octanol–water partition coefficient (Wildman–Crippen LogP) is 5.54. The molecule has 0 spiro atoms. The first-order valence-electron chi connectivity index (χ1n) is 16.0. The number of hydrogen-bond acceptors (Lipinski definition) is 5. The molecule has 2 heterocycles. The minimum Gasteiger partial charge on any atom is -0.351 e. The SMILES string of the molecule is CC(C)(C)NC(=O)C1CC(C(=O)NC(C)(Cc2ccc(C#N)cc2)c2cnc[nH]2)CN(CC(c2ccccc2)c2ccccc2)C1. The first-order chi connectivity index (χ1) is 22.0. The Morgan fingerprint density at radius 3 is 1.96 bits per heavy atom. The summed E-state index contributed by atoms with van der Waals surface area (Å²) in [5.74, 6) is -0.783. The average Bonchev–Trinajstić information content (AvgIpc) is 3.60. The van der Waals surface area contributed by atoms with Crippen LogP contribution in [0.15, 0.2) is 97.5 Å². The predicted molar refractivity (Wildman–Crippen MR) is 180 cm³/mol. The zero-order valence-electron chi connectivity index (χ0n) is 27.2. The van der Waals surface area contributed by atoms with Gasteiger partial charge >= 0.3 is 0 Å². The zero-order valence-corrected chi connectivity index (χ0v) is 27.2. The van der Waals surface area contributed by atoms with E-state index in [4.69, 9.17) is 0 Å². The Kier molecular flexibility index (Phi) is 10.0. The molecule has 4 aromatic rings. The van der Waals surface area contributed by atoms with Gasteiger partial charge in [0.1, 0.15) is 0 Å². The molecule has 1 fully saturated rings. The summed E-state index contributed by atoms with van der Waals surface area (Å²) in [7, 11) is 0. The highest BCUT2D eigenvalue weighted by Gasteiger charge is 2.40. The van der Waals surface area contributed by atoms with Crippen LogP contribution in [0.3, 0.4) is 0 Å². The lowest BCUT2D eigenvalue weighted by atomic mass is 9.83. The molecule has 5 rings (SSSR count). The zero-order chi connectivity index (χ0) is 32.7. The first kappa shape index (κ1) is 32.6. The molecule has 8 heteroatoms. The van der Waals surface area contributed by atoms with Gasteiger partial charge in [0.2, 0.25) is 11.8 Å². The summed E-state index contributed by atoms with van der Waals surface area (Å²) in [5.41, 5.74) is 3.58. The number of benzene rings is 3. The maximum atomic E-state index is 14.3. The maximum Gasteiger partial charge on any atom is 0.225 e. The van der Waals surface area contributed by atoms with Gasteiger partial charge in [-0.15, -0.1) is 0 Å². The van der Waals surface area contributed by atoms with Crippen LogP contribution in [0.5, 0.6) is 0 Å². The molecule has 0 bridgehead atoms. The lowest BCUT2D eigenvalue weighted by Gasteiger charge is -2.40. The average molecular weight is 617 g/mol. The second-order valence-corrected chi connectivity index (χ2v) is 13.7. The number of imidazole rings is 1. The van der Waals surface area contributed by atoms with Crippen molar-refractivity contribution in [2.75, 3.05) is 19.6 Å². The number of aromatic amines is 1. The van der Waals surface area contributed by atoms with E-state index >= 15 is 0 Å². The van der Waals surface area contributed by atoms with Crippen molar-refractivity contribution in [2.45, 2.75) is 57.5 Å². The monoisotopic (exact) mass is 616 g/mol. The molecule has 3 aromatic carbocycles. The van der Waals surface area contributed by atoms with Crippen molar-refractivity contribution in [3.05, 3.63) is 125 Å². The molecule has 238 valence electrons. The standard InChI is InChI=1S/C38H44N6O2/c1-37(2,3)42-35(45)31-19-32(24-44(23-31)25-33(29-11-7-5-8-12-29)30-13-9-6-10-14-30)36(46)43-38(4,34-22-40-26-41-34)20-27-15-17-28(21-39)18-16-27/h5-18,22,26,31-33H,19-20,23-25H2,1-4H3,(H,40,41)(H,42,45)(H,43,46). The summed E-state index contributed by atoms with van der Waals surface area (Å²) in [5, 5.41) is 15.8. The number of piperidine rings is 1. The third-order valence-corrected chi connectivity index (χ3v) is 8.74. The van der Waals surface area contributed by atoms with Crippen molar-refractivity contribution in [1.29, 1.82) is 5.26 Å². The van der Waals surface area contributed by atoms with Gasteiger partial charge in [0.15, 0.2) is 0 Å². The van der Waals surface area contributed by atoms with Gasteiger partial charge in [-0.2, -0.15) is 5.26 Å². The normalized spacial score (nSPS) is 18.3. The van der Waals surface area contributed by atoms with Crippen LogP contribution in [-0.4, -0.2) is 51.9 Å². The van der Waals surface area contributed by atoms with Crippen molar-refractivity contribution < 1.29 is 9.59 Å². The quantitative estimate of drug-likeness (QED) is 0.217. The molecular formula is C38H44N6O2. The minimum absolute atomic E-state index is 0.0279. The number of nitriles is 1. The third kappa shape index (κ3) is 8.29. The minimum atomic E-state index is -0.788. The van der Waals surface area contributed by atoms with E-state index in [9.17, 15) is 14.9 Å². The van der Waals surface area contributed by atoms with E-state index in [0.29, 0.717) is 38.0 Å². The fourth-order valence-corrected chi connectivity index (χ4v) is 6.47. The number of likely N-dealkylation sites (tertiary alicyclic amines) is 1. The molecule has 8 nitrogen and oxygen atoms in total. The number of nitrogens with zero attached hydrogens (tertiary/aromatic N) is 3. The highest BCUT2D eigenvalue weighted by atomic mass is 16.2. The van der Waals surface area contributed by atoms with Crippen molar-refractivity contribution in [1.82, 2.24) is 25.5 Å². The Hall–Kier alpha value is -4.74. The fraction of sp³-hybridized carbons (Fsp3) is 0.368. The number of nitrogens with one attached hydrogen (secondary N) is 3. The number of H-pyrrole nitrogens is 1. The molecular weight excluding hydrogens is 572 g/mol. The molecule has 1 aliphatic rings. The third-order valence-electron chi connectivity index (χ3n) is 8.74. The lowest BCUT2D eigenvalue weighted by Crippen LogP contribution is -2.55. The summed E-state index contributed by atoms with van der Waals surface area (Å²) in [6, 6.07) is 30.4.